The molecule has 19 heavy (non-hydrogen) atoms. The van der Waals surface area contributed by atoms with E-state index < -0.39 is 5.60 Å². The van der Waals surface area contributed by atoms with Crippen molar-refractivity contribution >= 4 is 23.2 Å². The van der Waals surface area contributed by atoms with E-state index in [-0.39, 0.29) is 5.41 Å². The second-order valence-corrected chi connectivity index (χ2v) is 6.69. The van der Waals surface area contributed by atoms with Crippen LogP contribution in [0, 0.1) is 0 Å². The fourth-order valence-electron chi connectivity index (χ4n) is 3.88. The third kappa shape index (κ3) is 2.09. The largest absolute Gasteiger partial charge is 0.388 e. The van der Waals surface area contributed by atoms with Gasteiger partial charge in [-0.25, -0.2) is 0 Å². The molecule has 1 heterocycles. The first-order chi connectivity index (χ1) is 9.07. The van der Waals surface area contributed by atoms with Gasteiger partial charge >= 0.3 is 0 Å². The van der Waals surface area contributed by atoms with Gasteiger partial charge in [-0.15, -0.1) is 0 Å². The number of halogens is 2. The maximum Gasteiger partial charge on any atom is 0.0879 e. The van der Waals surface area contributed by atoms with Crippen LogP contribution >= 0.6 is 23.2 Å². The molecule has 0 unspecified atom stereocenters. The molecule has 0 amide bonds. The van der Waals surface area contributed by atoms with Crippen LogP contribution in [0.4, 0.5) is 0 Å². The number of aliphatic hydroxyl groups is 1. The molecule has 1 aliphatic carbocycles. The second-order valence-electron chi connectivity index (χ2n) is 5.88. The summed E-state index contributed by atoms with van der Waals surface area (Å²) < 4.78 is 0. The smallest absolute Gasteiger partial charge is 0.0879 e. The summed E-state index contributed by atoms with van der Waals surface area (Å²) in [5.74, 6) is 0. The number of rotatable bonds is 2. The Morgan fingerprint density at radius 2 is 1.79 bits per heavy atom. The highest BCUT2D eigenvalue weighted by Gasteiger charge is 2.53. The quantitative estimate of drug-likeness (QED) is 0.875. The van der Waals surface area contributed by atoms with Crippen molar-refractivity contribution in [3.8, 4) is 0 Å². The predicted molar refractivity (Wildman–Crippen MR) is 79.0 cm³/mol. The summed E-state index contributed by atoms with van der Waals surface area (Å²) in [6.45, 7) is 1.56. The Bertz CT molecular complexity index is 477. The predicted octanol–water partition coefficient (Wildman–Crippen LogP) is 3.53. The van der Waals surface area contributed by atoms with Crippen LogP contribution < -0.4 is 5.32 Å². The summed E-state index contributed by atoms with van der Waals surface area (Å²) in [4.78, 5) is 0. The molecule has 0 radical (unpaired) electrons. The van der Waals surface area contributed by atoms with E-state index in [0.29, 0.717) is 16.6 Å². The number of nitrogens with one attached hydrogen (secondary N) is 1. The fourth-order valence-corrected chi connectivity index (χ4v) is 4.18. The molecule has 0 aromatic heterocycles. The highest BCUT2D eigenvalue weighted by molar-refractivity contribution is 6.42. The van der Waals surface area contributed by atoms with Gasteiger partial charge in [-0.3, -0.25) is 0 Å². The SMILES string of the molecule is O[C@@]1(C2(c3ccc(Cl)c(Cl)c3)CCCC2)CCNC1. The van der Waals surface area contributed by atoms with Crippen molar-refractivity contribution in [2.24, 2.45) is 0 Å². The highest BCUT2D eigenvalue weighted by atomic mass is 35.5. The van der Waals surface area contributed by atoms with Crippen LogP contribution in [0.25, 0.3) is 0 Å². The molecule has 3 rings (SSSR count). The molecule has 2 fully saturated rings. The number of hydrogen-bond donors (Lipinski definition) is 2. The molecule has 1 saturated carbocycles. The van der Waals surface area contributed by atoms with Crippen LogP contribution in [-0.4, -0.2) is 23.8 Å². The zero-order chi connectivity index (χ0) is 13.5. The molecule has 4 heteroatoms. The molecular weight excluding hydrogens is 281 g/mol. The summed E-state index contributed by atoms with van der Waals surface area (Å²) in [6.07, 6.45) is 5.21. The van der Waals surface area contributed by atoms with Crippen LogP contribution in [0.5, 0.6) is 0 Å². The van der Waals surface area contributed by atoms with Crippen LogP contribution in [0.2, 0.25) is 10.0 Å². The van der Waals surface area contributed by atoms with Crippen molar-refractivity contribution in [3.05, 3.63) is 33.8 Å². The molecule has 2 aliphatic rings. The lowest BCUT2D eigenvalue weighted by Gasteiger charge is -2.43. The second kappa shape index (κ2) is 4.92. The first-order valence-electron chi connectivity index (χ1n) is 6.96. The Balaban J connectivity index is 2.07. The molecule has 0 spiro atoms. The Labute approximate surface area is 124 Å². The van der Waals surface area contributed by atoms with Gasteiger partial charge < -0.3 is 10.4 Å². The topological polar surface area (TPSA) is 32.3 Å². The fraction of sp³-hybridized carbons (Fsp3) is 0.600. The Hall–Kier alpha value is -0.280. The maximum absolute atomic E-state index is 11.1. The highest BCUT2D eigenvalue weighted by Crippen LogP contribution is 2.51. The van der Waals surface area contributed by atoms with Gasteiger partial charge in [0.15, 0.2) is 0 Å². The van der Waals surface area contributed by atoms with E-state index in [9.17, 15) is 5.11 Å². The summed E-state index contributed by atoms with van der Waals surface area (Å²) in [5, 5.41) is 15.6. The third-order valence-corrected chi connectivity index (χ3v) is 5.69. The minimum absolute atomic E-state index is 0.162. The van der Waals surface area contributed by atoms with E-state index in [2.05, 4.69) is 5.32 Å². The van der Waals surface area contributed by atoms with Gasteiger partial charge in [0.1, 0.15) is 0 Å². The molecule has 1 aliphatic heterocycles. The van der Waals surface area contributed by atoms with E-state index in [0.717, 1.165) is 31.4 Å². The lowest BCUT2D eigenvalue weighted by Crippen LogP contribution is -2.51. The van der Waals surface area contributed by atoms with Crippen LogP contribution in [0.1, 0.15) is 37.7 Å². The van der Waals surface area contributed by atoms with Gasteiger partial charge in [-0.05, 0) is 43.5 Å². The number of hydrogen-bond acceptors (Lipinski definition) is 2. The Morgan fingerprint density at radius 1 is 1.05 bits per heavy atom. The zero-order valence-electron chi connectivity index (χ0n) is 10.9. The molecular formula is C15H19Cl2NO. The van der Waals surface area contributed by atoms with E-state index in [1.807, 2.05) is 18.2 Å². The summed E-state index contributed by atoms with van der Waals surface area (Å²) in [5.41, 5.74) is 0.330. The molecule has 104 valence electrons. The molecule has 1 saturated heterocycles. The summed E-state index contributed by atoms with van der Waals surface area (Å²) in [7, 11) is 0. The van der Waals surface area contributed by atoms with Gasteiger partial charge in [0.05, 0.1) is 15.6 Å². The number of β-amino-alcohol motifs (C(OH)–C–C–N with tert-alkyl or cyclic N) is 1. The molecule has 0 bridgehead atoms. The molecule has 1 atom stereocenters. The van der Waals surface area contributed by atoms with Crippen LogP contribution in [0.3, 0.4) is 0 Å². The Morgan fingerprint density at radius 3 is 2.37 bits per heavy atom. The number of benzene rings is 1. The van der Waals surface area contributed by atoms with Crippen molar-refractivity contribution in [1.82, 2.24) is 5.32 Å². The Kier molecular flexibility index (Phi) is 3.55. The monoisotopic (exact) mass is 299 g/mol. The first-order valence-corrected chi connectivity index (χ1v) is 7.72. The van der Waals surface area contributed by atoms with E-state index in [4.69, 9.17) is 23.2 Å². The van der Waals surface area contributed by atoms with Crippen molar-refractivity contribution in [2.75, 3.05) is 13.1 Å². The lowest BCUT2D eigenvalue weighted by molar-refractivity contribution is -0.0210. The third-order valence-electron chi connectivity index (χ3n) is 4.95. The maximum atomic E-state index is 11.1. The zero-order valence-corrected chi connectivity index (χ0v) is 12.4. The van der Waals surface area contributed by atoms with Gasteiger partial charge in [0.2, 0.25) is 0 Å². The average molecular weight is 300 g/mol. The van der Waals surface area contributed by atoms with Gasteiger partial charge in [0, 0.05) is 12.0 Å². The minimum Gasteiger partial charge on any atom is -0.388 e. The van der Waals surface area contributed by atoms with E-state index >= 15 is 0 Å². The standard InChI is InChI=1S/C15H19Cl2NO/c16-12-4-3-11(9-13(12)17)14(5-1-2-6-14)15(19)7-8-18-10-15/h3-4,9,18-19H,1-2,5-8,10H2/t15-/m0/s1. The van der Waals surface area contributed by atoms with Crippen LogP contribution in [0.15, 0.2) is 18.2 Å². The normalized spacial score (nSPS) is 29.8. The molecule has 1 aromatic carbocycles. The molecule has 2 nitrogen and oxygen atoms in total. The lowest BCUT2D eigenvalue weighted by atomic mass is 9.65. The summed E-state index contributed by atoms with van der Waals surface area (Å²) in [6, 6.07) is 5.84. The van der Waals surface area contributed by atoms with Gasteiger partial charge in [-0.2, -0.15) is 0 Å². The van der Waals surface area contributed by atoms with Gasteiger partial charge in [-0.1, -0.05) is 42.1 Å². The van der Waals surface area contributed by atoms with Crippen LogP contribution in [-0.2, 0) is 5.41 Å². The van der Waals surface area contributed by atoms with Crippen molar-refractivity contribution < 1.29 is 5.11 Å². The van der Waals surface area contributed by atoms with Crippen molar-refractivity contribution in [2.45, 2.75) is 43.1 Å². The first kappa shape index (κ1) is 13.7. The average Bonchev–Trinajstić information content (AvgIpc) is 3.03. The van der Waals surface area contributed by atoms with E-state index in [1.54, 1.807) is 0 Å². The van der Waals surface area contributed by atoms with Crippen molar-refractivity contribution in [3.63, 3.8) is 0 Å². The van der Waals surface area contributed by atoms with Gasteiger partial charge in [0.25, 0.3) is 0 Å². The summed E-state index contributed by atoms with van der Waals surface area (Å²) >= 11 is 12.2. The van der Waals surface area contributed by atoms with Crippen molar-refractivity contribution in [1.29, 1.82) is 0 Å². The van der Waals surface area contributed by atoms with E-state index in [1.165, 1.54) is 12.8 Å². The minimum atomic E-state index is -0.652. The molecule has 1 aromatic rings. The molecule has 2 N–H and O–H groups in total.